The summed E-state index contributed by atoms with van der Waals surface area (Å²) >= 11 is 19.8. The van der Waals surface area contributed by atoms with Crippen LogP contribution in [0.1, 0.15) is 52.7 Å². The molecule has 0 N–H and O–H groups in total. The van der Waals surface area contributed by atoms with Crippen molar-refractivity contribution in [3.8, 4) is 31.0 Å². The maximum atomic E-state index is 12.8. The first-order valence-corrected chi connectivity index (χ1v) is 20.0. The van der Waals surface area contributed by atoms with Gasteiger partial charge in [-0.3, -0.25) is 19.4 Å². The molecule has 4 aliphatic rings. The Morgan fingerprint density at radius 1 is 0.674 bits per heavy atom. The summed E-state index contributed by atoms with van der Waals surface area (Å²) in [5.74, 6) is 1.24. The summed E-state index contributed by atoms with van der Waals surface area (Å²) in [5.41, 5.74) is 1.12. The highest BCUT2D eigenvalue weighted by Crippen LogP contribution is 2.63. The Morgan fingerprint density at radius 3 is 1.41 bits per heavy atom. The molecule has 16 heteroatoms. The molecule has 46 heavy (non-hydrogen) atoms. The Balaban J connectivity index is 1.22. The number of rotatable bonds is 4. The largest absolute Gasteiger partial charge is 0.481 e. The van der Waals surface area contributed by atoms with Gasteiger partial charge in [-0.1, -0.05) is 24.4 Å². The highest BCUT2D eigenvalue weighted by Gasteiger charge is 2.44. The minimum absolute atomic E-state index is 0.154. The van der Waals surface area contributed by atoms with Gasteiger partial charge in [0.2, 0.25) is 0 Å². The van der Waals surface area contributed by atoms with Gasteiger partial charge in [-0.2, -0.15) is 0 Å². The summed E-state index contributed by atoms with van der Waals surface area (Å²) in [7, 11) is 0. The molecule has 0 saturated carbocycles. The fraction of sp³-hybridized carbons (Fsp3) is 0.333. The molecule has 8 nitrogen and oxygen atoms in total. The van der Waals surface area contributed by atoms with E-state index >= 15 is 0 Å². The van der Waals surface area contributed by atoms with Gasteiger partial charge < -0.3 is 9.47 Å². The van der Waals surface area contributed by atoms with Crippen LogP contribution in [0.4, 0.5) is 10.0 Å². The summed E-state index contributed by atoms with van der Waals surface area (Å²) < 4.78 is 16.7. The molecule has 236 valence electrons. The third-order valence-corrected chi connectivity index (χ3v) is 15.5. The number of amides is 2. The van der Waals surface area contributed by atoms with E-state index < -0.39 is 11.2 Å². The third-order valence-electron chi connectivity index (χ3n) is 7.96. The van der Waals surface area contributed by atoms with Crippen molar-refractivity contribution in [2.45, 2.75) is 52.7 Å². The zero-order valence-corrected chi connectivity index (χ0v) is 31.8. The maximum absolute atomic E-state index is 12.8. The predicted molar refractivity (Wildman–Crippen MR) is 203 cm³/mol. The lowest BCUT2D eigenvalue weighted by Crippen LogP contribution is -2.29. The van der Waals surface area contributed by atoms with Crippen LogP contribution < -0.4 is 9.47 Å². The number of hydrogen-bond donors (Lipinski definition) is 0. The molecule has 0 radical (unpaired) electrons. The summed E-state index contributed by atoms with van der Waals surface area (Å²) in [6, 6.07) is 3.86. The first-order chi connectivity index (χ1) is 21.8. The van der Waals surface area contributed by atoms with Gasteiger partial charge in [0.1, 0.15) is 41.3 Å². The topological polar surface area (TPSA) is 83.8 Å². The zero-order valence-electron chi connectivity index (χ0n) is 25.3. The molecular weight excluding hydrogens is 737 g/mol. The quantitative estimate of drug-likeness (QED) is 0.190. The summed E-state index contributed by atoms with van der Waals surface area (Å²) in [6.45, 7) is 13.3. The van der Waals surface area contributed by atoms with Gasteiger partial charge in [-0.25, -0.2) is 9.98 Å². The number of thioether (sulfide) groups is 2. The molecule has 0 bridgehead atoms. The number of carbonyl (C=O) groups is 2. The van der Waals surface area contributed by atoms with E-state index in [4.69, 9.17) is 43.9 Å². The fourth-order valence-electron chi connectivity index (χ4n) is 5.95. The van der Waals surface area contributed by atoms with E-state index in [2.05, 4.69) is 27.7 Å². The van der Waals surface area contributed by atoms with Crippen molar-refractivity contribution in [3.63, 3.8) is 0 Å². The Hall–Kier alpha value is -2.18. The average molecular weight is 761 g/mol. The number of thiocarbonyl (C=S) groups is 2. The summed E-state index contributed by atoms with van der Waals surface area (Å²) in [5, 5.41) is 2.21. The minimum atomic E-state index is -0.595. The lowest BCUT2D eigenvalue weighted by molar-refractivity contribution is -0.120. The van der Waals surface area contributed by atoms with Gasteiger partial charge in [0.15, 0.2) is 10.1 Å². The molecule has 0 aromatic carbocycles. The smallest absolute Gasteiger partial charge is 0.285 e. The number of hydrogen-bond acceptors (Lipinski definition) is 14. The van der Waals surface area contributed by atoms with Gasteiger partial charge in [0, 0.05) is 36.3 Å². The van der Waals surface area contributed by atoms with E-state index in [0.717, 1.165) is 42.1 Å². The van der Waals surface area contributed by atoms with E-state index in [1.807, 2.05) is 26.0 Å². The second-order valence-electron chi connectivity index (χ2n) is 11.7. The van der Waals surface area contributed by atoms with Crippen molar-refractivity contribution in [2.75, 3.05) is 13.1 Å². The number of carbonyl (C=O) groups excluding carboxylic acids is 2. The molecule has 0 spiro atoms. The Morgan fingerprint density at radius 2 is 1.07 bits per heavy atom. The van der Waals surface area contributed by atoms with E-state index in [0.29, 0.717) is 41.8 Å². The third kappa shape index (κ3) is 4.55. The van der Waals surface area contributed by atoms with Gasteiger partial charge >= 0.3 is 0 Å². The molecule has 2 saturated heterocycles. The number of thiophene rings is 4. The van der Waals surface area contributed by atoms with Crippen molar-refractivity contribution < 1.29 is 19.1 Å². The number of fused-ring (bicyclic) bond motifs is 9. The van der Waals surface area contributed by atoms with E-state index in [1.165, 1.54) is 55.6 Å². The van der Waals surface area contributed by atoms with Crippen molar-refractivity contribution in [3.05, 3.63) is 23.3 Å². The molecule has 8 heterocycles. The standard InChI is InChI=1S/C30H24N4O4S8/c1-7-33-25(35)23(45-27(33)39)31-13-9-11-17(41-13)19-15(29(3,4)37-11)21-22(43-19)16-20(44-21)18-12(38-30(16,5)6)10-14(42-18)32-24-26(36)34(8-2)28(40)46-24/h9-10H,7-8H2,1-6H3. The monoisotopic (exact) mass is 760 g/mol. The molecule has 0 atom stereocenters. The van der Waals surface area contributed by atoms with Gasteiger partial charge in [0.25, 0.3) is 11.8 Å². The highest BCUT2D eigenvalue weighted by molar-refractivity contribution is 8.35. The first-order valence-electron chi connectivity index (χ1n) is 14.3. The minimum Gasteiger partial charge on any atom is -0.481 e. The average Bonchev–Trinajstić information content (AvgIpc) is 3.78. The lowest BCUT2D eigenvalue weighted by Gasteiger charge is -2.31. The van der Waals surface area contributed by atoms with Crippen molar-refractivity contribution in [1.82, 2.24) is 9.80 Å². The van der Waals surface area contributed by atoms with E-state index in [-0.39, 0.29) is 11.8 Å². The fourth-order valence-corrected chi connectivity index (χ4v) is 14.3. The molecular formula is C30H24N4O4S8. The molecule has 2 fully saturated rings. The lowest BCUT2D eigenvalue weighted by atomic mass is 9.92. The van der Waals surface area contributed by atoms with E-state index in [9.17, 15) is 9.59 Å². The second-order valence-corrected chi connectivity index (χ2v) is 19.1. The van der Waals surface area contributed by atoms with Crippen LogP contribution in [0.5, 0.6) is 11.5 Å². The highest BCUT2D eigenvalue weighted by atomic mass is 32.2. The van der Waals surface area contributed by atoms with Crippen LogP contribution in [0.2, 0.25) is 0 Å². The first kappa shape index (κ1) is 31.1. The Labute approximate surface area is 299 Å². The van der Waals surface area contributed by atoms with E-state index in [1.54, 1.807) is 32.5 Å². The summed E-state index contributed by atoms with van der Waals surface area (Å²) in [4.78, 5) is 42.6. The molecule has 4 aliphatic heterocycles. The van der Waals surface area contributed by atoms with Gasteiger partial charge in [-0.15, -0.1) is 45.3 Å². The van der Waals surface area contributed by atoms with Crippen LogP contribution in [0.15, 0.2) is 22.1 Å². The molecule has 2 amide bonds. The van der Waals surface area contributed by atoms with Crippen LogP contribution in [0.25, 0.3) is 28.9 Å². The second kappa shape index (κ2) is 10.7. The zero-order chi connectivity index (χ0) is 32.4. The van der Waals surface area contributed by atoms with Crippen LogP contribution in [0.3, 0.4) is 0 Å². The van der Waals surface area contributed by atoms with Gasteiger partial charge in [0.05, 0.1) is 28.9 Å². The number of nitrogens with zero attached hydrogens (tertiary/aromatic N) is 4. The van der Waals surface area contributed by atoms with Crippen LogP contribution in [0, 0.1) is 0 Å². The molecule has 4 aromatic heterocycles. The Bertz CT molecular complexity index is 1990. The van der Waals surface area contributed by atoms with Crippen molar-refractivity contribution >= 4 is 143 Å². The maximum Gasteiger partial charge on any atom is 0.285 e. The predicted octanol–water partition coefficient (Wildman–Crippen LogP) is 9.50. The number of ether oxygens (including phenoxy) is 2. The number of aliphatic imine (C=N–C) groups is 2. The molecule has 0 aliphatic carbocycles. The van der Waals surface area contributed by atoms with Crippen LogP contribution in [-0.2, 0) is 20.8 Å². The van der Waals surface area contributed by atoms with Gasteiger partial charge in [-0.05, 0) is 65.1 Å². The van der Waals surface area contributed by atoms with Crippen LogP contribution >= 0.6 is 93.3 Å². The van der Waals surface area contributed by atoms with Crippen molar-refractivity contribution in [2.24, 2.45) is 9.98 Å². The summed E-state index contributed by atoms with van der Waals surface area (Å²) in [6.07, 6.45) is 0. The Kier molecular flexibility index (Phi) is 7.21. The molecule has 4 aromatic rings. The normalized spacial score (nSPS) is 21.3. The van der Waals surface area contributed by atoms with Crippen LogP contribution in [-0.4, -0.2) is 53.4 Å². The molecule has 8 rings (SSSR count). The molecule has 0 unspecified atom stereocenters. The SMILES string of the molecule is CCN1C(=O)C(=Nc2cc3c(s2)-c2sc4c5c(sc4c2C(C)(C)O3)-c2sc(N=C3SC(=S)N(CC)C3=O)cc2OC5(C)C)SC1=S. The van der Waals surface area contributed by atoms with Crippen molar-refractivity contribution in [1.29, 1.82) is 0 Å².